The Balaban J connectivity index is 1.94. The molecular weight excluding hydrogens is 275 g/mol. The van der Waals surface area contributed by atoms with Crippen LogP contribution < -0.4 is 10.2 Å². The summed E-state index contributed by atoms with van der Waals surface area (Å²) in [6.45, 7) is 3.05. The zero-order valence-electron chi connectivity index (χ0n) is 11.1. The van der Waals surface area contributed by atoms with Gasteiger partial charge in [0.05, 0.1) is 0 Å². The lowest BCUT2D eigenvalue weighted by Crippen LogP contribution is -2.28. The maximum Gasteiger partial charge on any atom is 0.129 e. The van der Waals surface area contributed by atoms with E-state index in [-0.39, 0.29) is 5.82 Å². The highest BCUT2D eigenvalue weighted by Gasteiger charge is 2.17. The highest BCUT2D eigenvalue weighted by atomic mass is 35.5. The Morgan fingerprint density at radius 3 is 2.85 bits per heavy atom. The largest absolute Gasteiger partial charge is 0.366 e. The minimum absolute atomic E-state index is 0.243. The zero-order chi connectivity index (χ0) is 13.9. The van der Waals surface area contributed by atoms with Gasteiger partial charge in [-0.2, -0.15) is 0 Å². The van der Waals surface area contributed by atoms with Crippen molar-refractivity contribution in [2.24, 2.45) is 0 Å². The molecule has 2 aromatic carbocycles. The molecule has 0 atom stereocenters. The van der Waals surface area contributed by atoms with Crippen LogP contribution >= 0.6 is 11.6 Å². The molecular formula is C16H16ClFN2. The molecule has 0 aliphatic carbocycles. The summed E-state index contributed by atoms with van der Waals surface area (Å²) in [6.07, 6.45) is 0. The van der Waals surface area contributed by atoms with Gasteiger partial charge in [-0.1, -0.05) is 35.9 Å². The van der Waals surface area contributed by atoms with Gasteiger partial charge in [-0.05, 0) is 23.8 Å². The molecule has 20 heavy (non-hydrogen) atoms. The Labute approximate surface area is 123 Å². The van der Waals surface area contributed by atoms with Gasteiger partial charge in [0.2, 0.25) is 0 Å². The Kier molecular flexibility index (Phi) is 3.90. The SMILES string of the molecule is Fc1cccc(Cl)c1CN1CCNCc2ccccc21. The van der Waals surface area contributed by atoms with E-state index in [1.165, 1.54) is 11.6 Å². The fraction of sp³-hybridized carbons (Fsp3) is 0.250. The molecule has 0 saturated carbocycles. The minimum atomic E-state index is -0.243. The number of benzene rings is 2. The molecule has 3 rings (SSSR count). The molecule has 0 aromatic heterocycles. The molecule has 1 N–H and O–H groups in total. The fourth-order valence-corrected chi connectivity index (χ4v) is 2.79. The van der Waals surface area contributed by atoms with Gasteiger partial charge in [-0.3, -0.25) is 0 Å². The van der Waals surface area contributed by atoms with Gasteiger partial charge in [-0.15, -0.1) is 0 Å². The molecule has 4 heteroatoms. The van der Waals surface area contributed by atoms with E-state index >= 15 is 0 Å². The normalized spacial score (nSPS) is 14.8. The number of nitrogens with zero attached hydrogens (tertiary/aromatic N) is 1. The van der Waals surface area contributed by atoms with E-state index in [0.717, 1.165) is 25.3 Å². The summed E-state index contributed by atoms with van der Waals surface area (Å²) in [5, 5.41) is 3.87. The van der Waals surface area contributed by atoms with Gasteiger partial charge < -0.3 is 10.2 Å². The molecule has 0 saturated heterocycles. The van der Waals surface area contributed by atoms with Crippen molar-refractivity contribution in [1.29, 1.82) is 0 Å². The number of rotatable bonds is 2. The average Bonchev–Trinajstić information content (AvgIpc) is 2.66. The first kappa shape index (κ1) is 13.4. The predicted molar refractivity (Wildman–Crippen MR) is 80.6 cm³/mol. The molecule has 1 heterocycles. The van der Waals surface area contributed by atoms with Crippen LogP contribution in [0.4, 0.5) is 10.1 Å². The lowest BCUT2D eigenvalue weighted by Gasteiger charge is -2.25. The second kappa shape index (κ2) is 5.81. The maximum absolute atomic E-state index is 14.0. The summed E-state index contributed by atoms with van der Waals surface area (Å²) >= 11 is 6.13. The summed E-state index contributed by atoms with van der Waals surface area (Å²) in [7, 11) is 0. The van der Waals surface area contributed by atoms with Crippen LogP contribution in [0.3, 0.4) is 0 Å². The zero-order valence-corrected chi connectivity index (χ0v) is 11.8. The highest BCUT2D eigenvalue weighted by Crippen LogP contribution is 2.27. The number of anilines is 1. The number of para-hydroxylation sites is 1. The molecule has 0 fully saturated rings. The Morgan fingerprint density at radius 2 is 2.00 bits per heavy atom. The molecule has 0 bridgehead atoms. The quantitative estimate of drug-likeness (QED) is 0.909. The Morgan fingerprint density at radius 1 is 1.15 bits per heavy atom. The van der Waals surface area contributed by atoms with Crippen LogP contribution in [0.15, 0.2) is 42.5 Å². The van der Waals surface area contributed by atoms with Crippen LogP contribution in [-0.4, -0.2) is 13.1 Å². The molecule has 2 aromatic rings. The van der Waals surface area contributed by atoms with E-state index in [9.17, 15) is 4.39 Å². The maximum atomic E-state index is 14.0. The highest BCUT2D eigenvalue weighted by molar-refractivity contribution is 6.31. The summed E-state index contributed by atoms with van der Waals surface area (Å²) in [4.78, 5) is 2.18. The van der Waals surface area contributed by atoms with Gasteiger partial charge in [-0.25, -0.2) is 4.39 Å². The Hall–Kier alpha value is -1.58. The lowest BCUT2D eigenvalue weighted by atomic mass is 10.1. The molecule has 0 amide bonds. The summed E-state index contributed by atoms with van der Waals surface area (Å²) in [6, 6.07) is 13.1. The van der Waals surface area contributed by atoms with E-state index in [0.29, 0.717) is 17.1 Å². The average molecular weight is 291 g/mol. The van der Waals surface area contributed by atoms with E-state index in [1.54, 1.807) is 12.1 Å². The van der Waals surface area contributed by atoms with E-state index in [2.05, 4.69) is 22.3 Å². The van der Waals surface area contributed by atoms with Crippen molar-refractivity contribution in [3.63, 3.8) is 0 Å². The van der Waals surface area contributed by atoms with Gasteiger partial charge in [0.25, 0.3) is 0 Å². The fourth-order valence-electron chi connectivity index (χ4n) is 2.56. The van der Waals surface area contributed by atoms with Gasteiger partial charge >= 0.3 is 0 Å². The smallest absolute Gasteiger partial charge is 0.129 e. The first-order valence-corrected chi connectivity index (χ1v) is 7.10. The topological polar surface area (TPSA) is 15.3 Å². The lowest BCUT2D eigenvalue weighted by molar-refractivity contribution is 0.602. The molecule has 1 aliphatic rings. The summed E-state index contributed by atoms with van der Waals surface area (Å²) < 4.78 is 14.0. The van der Waals surface area contributed by atoms with Crippen LogP contribution in [0.5, 0.6) is 0 Å². The van der Waals surface area contributed by atoms with Crippen molar-refractivity contribution in [3.8, 4) is 0 Å². The van der Waals surface area contributed by atoms with Crippen LogP contribution in [0, 0.1) is 5.82 Å². The number of hydrogen-bond acceptors (Lipinski definition) is 2. The van der Waals surface area contributed by atoms with Gasteiger partial charge in [0, 0.05) is 42.5 Å². The third-order valence-corrected chi connectivity index (χ3v) is 3.97. The third-order valence-electron chi connectivity index (χ3n) is 3.62. The van der Waals surface area contributed by atoms with Crippen molar-refractivity contribution < 1.29 is 4.39 Å². The molecule has 0 radical (unpaired) electrons. The standard InChI is InChI=1S/C16H16ClFN2/c17-14-5-3-6-15(18)13(14)11-20-9-8-19-10-12-4-1-2-7-16(12)20/h1-7,19H,8-11H2. The first-order chi connectivity index (χ1) is 9.75. The number of nitrogens with one attached hydrogen (secondary N) is 1. The summed E-state index contributed by atoms with van der Waals surface area (Å²) in [5.74, 6) is -0.243. The molecule has 1 aliphatic heterocycles. The number of fused-ring (bicyclic) bond motifs is 1. The molecule has 0 unspecified atom stereocenters. The van der Waals surface area contributed by atoms with Crippen molar-refractivity contribution in [2.45, 2.75) is 13.1 Å². The van der Waals surface area contributed by atoms with Crippen molar-refractivity contribution in [2.75, 3.05) is 18.0 Å². The van der Waals surface area contributed by atoms with E-state index in [1.807, 2.05) is 12.1 Å². The molecule has 2 nitrogen and oxygen atoms in total. The second-order valence-corrected chi connectivity index (χ2v) is 5.33. The van der Waals surface area contributed by atoms with Crippen LogP contribution in [0.25, 0.3) is 0 Å². The van der Waals surface area contributed by atoms with E-state index in [4.69, 9.17) is 11.6 Å². The molecule has 104 valence electrons. The minimum Gasteiger partial charge on any atom is -0.366 e. The van der Waals surface area contributed by atoms with Crippen LogP contribution in [0.1, 0.15) is 11.1 Å². The number of halogens is 2. The molecule has 0 spiro atoms. The van der Waals surface area contributed by atoms with Crippen LogP contribution in [-0.2, 0) is 13.1 Å². The van der Waals surface area contributed by atoms with Crippen molar-refractivity contribution in [1.82, 2.24) is 5.32 Å². The van der Waals surface area contributed by atoms with Crippen molar-refractivity contribution >= 4 is 17.3 Å². The monoisotopic (exact) mass is 290 g/mol. The summed E-state index contributed by atoms with van der Waals surface area (Å²) in [5.41, 5.74) is 2.94. The third kappa shape index (κ3) is 2.65. The Bertz CT molecular complexity index is 595. The van der Waals surface area contributed by atoms with Gasteiger partial charge in [0.15, 0.2) is 0 Å². The van der Waals surface area contributed by atoms with Gasteiger partial charge in [0.1, 0.15) is 5.82 Å². The van der Waals surface area contributed by atoms with Crippen LogP contribution in [0.2, 0.25) is 5.02 Å². The van der Waals surface area contributed by atoms with E-state index < -0.39 is 0 Å². The van der Waals surface area contributed by atoms with Crippen molar-refractivity contribution in [3.05, 3.63) is 64.4 Å². The first-order valence-electron chi connectivity index (χ1n) is 6.72. The second-order valence-electron chi connectivity index (χ2n) is 4.93. The number of hydrogen-bond donors (Lipinski definition) is 1. The predicted octanol–water partition coefficient (Wildman–Crippen LogP) is 3.59.